The lowest BCUT2D eigenvalue weighted by atomic mass is 9.59. The molecule has 1 aromatic rings. The average Bonchev–Trinajstić information content (AvgIpc) is 2.49. The summed E-state index contributed by atoms with van der Waals surface area (Å²) in [5.74, 6) is 1.73. The summed E-state index contributed by atoms with van der Waals surface area (Å²) in [6.45, 7) is 4.88. The number of hydrogen-bond donors (Lipinski definition) is 1. The van der Waals surface area contributed by atoms with Gasteiger partial charge in [0.1, 0.15) is 0 Å². The third-order valence-electron chi connectivity index (χ3n) is 5.80. The zero-order valence-corrected chi connectivity index (χ0v) is 12.2. The second-order valence-electron chi connectivity index (χ2n) is 6.61. The van der Waals surface area contributed by atoms with E-state index in [1.54, 1.807) is 5.56 Å². The van der Waals surface area contributed by atoms with Crippen LogP contribution in [0, 0.1) is 11.3 Å². The Kier molecular flexibility index (Phi) is 3.93. The monoisotopic (exact) mass is 257 g/mol. The molecule has 3 rings (SSSR count). The van der Waals surface area contributed by atoms with Crippen molar-refractivity contribution in [3.63, 3.8) is 0 Å². The zero-order chi connectivity index (χ0) is 13.1. The van der Waals surface area contributed by atoms with Gasteiger partial charge in [-0.3, -0.25) is 0 Å². The largest absolute Gasteiger partial charge is 0.316 e. The molecule has 2 aliphatic rings. The standard InChI is InChI=1S/C18H27N/c1-2-17-14-19-13-12-18(17)10-8-16(9-11-18)15-6-4-3-5-7-15/h3-7,16-17,19H,2,8-14H2,1H3. The smallest absolute Gasteiger partial charge is 0.00153 e. The molecule has 19 heavy (non-hydrogen) atoms. The van der Waals surface area contributed by atoms with Gasteiger partial charge < -0.3 is 5.32 Å². The van der Waals surface area contributed by atoms with Crippen LogP contribution < -0.4 is 5.32 Å². The molecule has 1 unspecified atom stereocenters. The third kappa shape index (κ3) is 2.58. The van der Waals surface area contributed by atoms with E-state index in [4.69, 9.17) is 0 Å². The van der Waals surface area contributed by atoms with Gasteiger partial charge in [0.15, 0.2) is 0 Å². The fraction of sp³-hybridized carbons (Fsp3) is 0.667. The molecule has 1 aliphatic carbocycles. The van der Waals surface area contributed by atoms with Crippen molar-refractivity contribution in [1.82, 2.24) is 5.32 Å². The molecule has 0 bridgehead atoms. The number of benzene rings is 1. The van der Waals surface area contributed by atoms with Crippen LogP contribution in [0.5, 0.6) is 0 Å². The Labute approximate surface area is 117 Å². The fourth-order valence-corrected chi connectivity index (χ4v) is 4.52. The third-order valence-corrected chi connectivity index (χ3v) is 5.80. The molecule has 1 N–H and O–H groups in total. The van der Waals surface area contributed by atoms with Crippen molar-refractivity contribution in [2.24, 2.45) is 11.3 Å². The Bertz CT molecular complexity index is 389. The van der Waals surface area contributed by atoms with E-state index < -0.39 is 0 Å². The molecule has 2 fully saturated rings. The Balaban J connectivity index is 1.68. The average molecular weight is 257 g/mol. The van der Waals surface area contributed by atoms with Crippen LogP contribution in [0.25, 0.3) is 0 Å². The van der Waals surface area contributed by atoms with E-state index in [9.17, 15) is 0 Å². The van der Waals surface area contributed by atoms with E-state index in [2.05, 4.69) is 42.6 Å². The molecule has 104 valence electrons. The van der Waals surface area contributed by atoms with Crippen molar-refractivity contribution < 1.29 is 0 Å². The van der Waals surface area contributed by atoms with Gasteiger partial charge >= 0.3 is 0 Å². The Morgan fingerprint density at radius 3 is 2.53 bits per heavy atom. The second-order valence-corrected chi connectivity index (χ2v) is 6.61. The van der Waals surface area contributed by atoms with Crippen molar-refractivity contribution in [3.8, 4) is 0 Å². The summed E-state index contributed by atoms with van der Waals surface area (Å²) < 4.78 is 0. The van der Waals surface area contributed by atoms with Crippen LogP contribution in [0.3, 0.4) is 0 Å². The maximum absolute atomic E-state index is 3.60. The summed E-state index contributed by atoms with van der Waals surface area (Å²) in [7, 11) is 0. The van der Waals surface area contributed by atoms with Gasteiger partial charge in [0.05, 0.1) is 0 Å². The summed E-state index contributed by atoms with van der Waals surface area (Å²) >= 11 is 0. The minimum atomic E-state index is 0.672. The van der Waals surface area contributed by atoms with Crippen molar-refractivity contribution in [1.29, 1.82) is 0 Å². The molecule has 1 spiro atoms. The second kappa shape index (κ2) is 5.66. The molecule has 1 nitrogen and oxygen atoms in total. The zero-order valence-electron chi connectivity index (χ0n) is 12.2. The molecule has 1 heteroatoms. The highest BCUT2D eigenvalue weighted by Gasteiger charge is 2.42. The predicted molar refractivity (Wildman–Crippen MR) is 81.4 cm³/mol. The van der Waals surface area contributed by atoms with Crippen LogP contribution in [0.1, 0.15) is 56.9 Å². The highest BCUT2D eigenvalue weighted by molar-refractivity contribution is 5.20. The number of rotatable bonds is 2. The van der Waals surface area contributed by atoms with Gasteiger partial charge in [0.2, 0.25) is 0 Å². The number of hydrogen-bond acceptors (Lipinski definition) is 1. The quantitative estimate of drug-likeness (QED) is 0.830. The first kappa shape index (κ1) is 13.2. The molecule has 1 aromatic carbocycles. The maximum Gasteiger partial charge on any atom is -0.00153 e. The lowest BCUT2D eigenvalue weighted by molar-refractivity contribution is 0.0500. The van der Waals surface area contributed by atoms with E-state index in [-0.39, 0.29) is 0 Å². The van der Waals surface area contributed by atoms with Crippen LogP contribution in [-0.4, -0.2) is 13.1 Å². The summed E-state index contributed by atoms with van der Waals surface area (Å²) in [6.07, 6.45) is 8.47. The molecule has 1 saturated heterocycles. The predicted octanol–water partition coefficient (Wildman–Crippen LogP) is 4.35. The number of piperidine rings is 1. The number of nitrogens with one attached hydrogen (secondary N) is 1. The molecule has 1 saturated carbocycles. The van der Waals surface area contributed by atoms with Gasteiger partial charge in [0.25, 0.3) is 0 Å². The summed E-state index contributed by atoms with van der Waals surface area (Å²) in [5.41, 5.74) is 2.24. The molecule has 0 amide bonds. The fourth-order valence-electron chi connectivity index (χ4n) is 4.52. The van der Waals surface area contributed by atoms with Gasteiger partial charge in [0, 0.05) is 0 Å². The maximum atomic E-state index is 3.60. The minimum Gasteiger partial charge on any atom is -0.316 e. The van der Waals surface area contributed by atoms with E-state index in [1.165, 1.54) is 51.6 Å². The first-order valence-electron chi connectivity index (χ1n) is 8.10. The molecule has 0 aromatic heterocycles. The van der Waals surface area contributed by atoms with Gasteiger partial charge in [-0.2, -0.15) is 0 Å². The van der Waals surface area contributed by atoms with Gasteiger partial charge in [-0.1, -0.05) is 43.7 Å². The van der Waals surface area contributed by atoms with Crippen molar-refractivity contribution in [2.45, 2.75) is 51.4 Å². The highest BCUT2D eigenvalue weighted by atomic mass is 14.9. The molecule has 1 aliphatic heterocycles. The lowest BCUT2D eigenvalue weighted by Gasteiger charge is -2.48. The van der Waals surface area contributed by atoms with E-state index in [0.717, 1.165) is 11.8 Å². The van der Waals surface area contributed by atoms with Crippen LogP contribution in [0.15, 0.2) is 30.3 Å². The first-order chi connectivity index (χ1) is 9.34. The van der Waals surface area contributed by atoms with E-state index >= 15 is 0 Å². The first-order valence-corrected chi connectivity index (χ1v) is 8.10. The minimum absolute atomic E-state index is 0.672. The van der Waals surface area contributed by atoms with Gasteiger partial charge in [-0.25, -0.2) is 0 Å². The van der Waals surface area contributed by atoms with Crippen LogP contribution in [0.2, 0.25) is 0 Å². The lowest BCUT2D eigenvalue weighted by Crippen LogP contribution is -2.46. The normalized spacial score (nSPS) is 35.4. The van der Waals surface area contributed by atoms with Crippen molar-refractivity contribution in [3.05, 3.63) is 35.9 Å². The molecular weight excluding hydrogens is 230 g/mol. The van der Waals surface area contributed by atoms with E-state index in [1.807, 2.05) is 0 Å². The Morgan fingerprint density at radius 1 is 1.11 bits per heavy atom. The molecule has 1 atom stereocenters. The SMILES string of the molecule is CCC1CNCCC12CCC(c1ccccc1)CC2. The van der Waals surface area contributed by atoms with Gasteiger partial charge in [-0.15, -0.1) is 0 Å². The highest BCUT2D eigenvalue weighted by Crippen LogP contribution is 2.51. The summed E-state index contributed by atoms with van der Waals surface area (Å²) in [4.78, 5) is 0. The van der Waals surface area contributed by atoms with Gasteiger partial charge in [-0.05, 0) is 68.0 Å². The van der Waals surface area contributed by atoms with Crippen molar-refractivity contribution >= 4 is 0 Å². The summed E-state index contributed by atoms with van der Waals surface area (Å²) in [6, 6.07) is 11.2. The van der Waals surface area contributed by atoms with E-state index in [0.29, 0.717) is 5.41 Å². The topological polar surface area (TPSA) is 12.0 Å². The van der Waals surface area contributed by atoms with Crippen LogP contribution >= 0.6 is 0 Å². The van der Waals surface area contributed by atoms with Crippen LogP contribution in [-0.2, 0) is 0 Å². The van der Waals surface area contributed by atoms with Crippen LogP contribution in [0.4, 0.5) is 0 Å². The molecule has 1 heterocycles. The molecule has 0 radical (unpaired) electrons. The Morgan fingerprint density at radius 2 is 1.84 bits per heavy atom. The molecular formula is C18H27N. The summed E-state index contributed by atoms with van der Waals surface area (Å²) in [5, 5.41) is 3.60. The Hall–Kier alpha value is -0.820. The van der Waals surface area contributed by atoms with Crippen molar-refractivity contribution in [2.75, 3.05) is 13.1 Å².